The van der Waals surface area contributed by atoms with Gasteiger partial charge in [0.2, 0.25) is 53.2 Å². The summed E-state index contributed by atoms with van der Waals surface area (Å²) in [4.78, 5) is 131. The summed E-state index contributed by atoms with van der Waals surface area (Å²) < 4.78 is 0. The minimum absolute atomic E-state index is 0.00577. The molecular formula is C38H67N15O9S3. The van der Waals surface area contributed by atoms with E-state index in [1.165, 1.54) is 23.6 Å². The van der Waals surface area contributed by atoms with Crippen molar-refractivity contribution in [2.24, 2.45) is 44.6 Å². The second kappa shape index (κ2) is 29.4. The summed E-state index contributed by atoms with van der Waals surface area (Å²) in [7, 11) is 2.17. The van der Waals surface area contributed by atoms with Gasteiger partial charge in [0, 0.05) is 38.1 Å². The van der Waals surface area contributed by atoms with Crippen molar-refractivity contribution in [2.45, 2.75) is 114 Å². The predicted octanol–water partition coefficient (Wildman–Crippen LogP) is -4.19. The van der Waals surface area contributed by atoms with Crippen LogP contribution in [0.2, 0.25) is 0 Å². The molecule has 2 aliphatic rings. The van der Waals surface area contributed by atoms with Crippen molar-refractivity contribution in [3.63, 3.8) is 0 Å². The van der Waals surface area contributed by atoms with Gasteiger partial charge < -0.3 is 70.8 Å². The second-order valence-corrected chi connectivity index (χ2v) is 19.3. The van der Waals surface area contributed by atoms with E-state index in [1.807, 2.05) is 20.1 Å². The summed E-state index contributed by atoms with van der Waals surface area (Å²) in [5.74, 6) is -6.41. The van der Waals surface area contributed by atoms with Gasteiger partial charge in [-0.15, -0.1) is 0 Å². The Kier molecular flexibility index (Phi) is 25.3. The number of guanidine groups is 2. The number of nitrogens with zero attached hydrogens (tertiary/aromatic N) is 3. The van der Waals surface area contributed by atoms with E-state index in [4.69, 9.17) is 28.7 Å². The van der Waals surface area contributed by atoms with Crippen LogP contribution in [0.15, 0.2) is 9.98 Å². The number of nitrogens with two attached hydrogens (primary N) is 5. The number of carbonyl (C=O) groups is 9. The van der Waals surface area contributed by atoms with Gasteiger partial charge in [-0.1, -0.05) is 35.4 Å². The van der Waals surface area contributed by atoms with Gasteiger partial charge in [0.1, 0.15) is 42.3 Å². The minimum Gasteiger partial charge on any atom is -0.370 e. The Balaban J connectivity index is 2.61. The zero-order chi connectivity index (χ0) is 48.6. The SMILES string of the molecule is CSCC[C@@H]1NC(=O)[C@H](NC(C)=O)CSSC[C@@H](C(N)=O)NC(=O)CNC(=O)[C@H](CCCN=C(N)N)NC(=O)[C@H](CC(C)C)NC(=O)[C@H](CCCN=C(N)N)NC(=O)[C@@H]2CCCN2C1=O. The van der Waals surface area contributed by atoms with Gasteiger partial charge >= 0.3 is 0 Å². The van der Waals surface area contributed by atoms with Crippen LogP contribution in [0.1, 0.15) is 72.1 Å². The van der Waals surface area contributed by atoms with Crippen LogP contribution in [-0.2, 0) is 43.2 Å². The van der Waals surface area contributed by atoms with Crippen LogP contribution in [0.25, 0.3) is 0 Å². The fourth-order valence-electron chi connectivity index (χ4n) is 6.72. The van der Waals surface area contributed by atoms with E-state index in [1.54, 1.807) is 0 Å². The van der Waals surface area contributed by atoms with Crippen molar-refractivity contribution >= 4 is 98.4 Å². The highest BCUT2D eigenvalue weighted by Crippen LogP contribution is 2.24. The van der Waals surface area contributed by atoms with Gasteiger partial charge in [-0.2, -0.15) is 11.8 Å². The molecule has 2 saturated heterocycles. The average molecular weight is 974 g/mol. The number of carbonyl (C=O) groups excluding carboxylic acids is 9. The molecule has 27 heteroatoms. The van der Waals surface area contributed by atoms with E-state index in [9.17, 15) is 43.2 Å². The van der Waals surface area contributed by atoms with Crippen LogP contribution < -0.4 is 65.9 Å². The Morgan fingerprint density at radius 3 is 1.88 bits per heavy atom. The zero-order valence-corrected chi connectivity index (χ0v) is 39.8. The molecule has 65 heavy (non-hydrogen) atoms. The van der Waals surface area contributed by atoms with Gasteiger partial charge in [0.15, 0.2) is 11.9 Å². The molecule has 0 aromatic rings. The maximum atomic E-state index is 14.2. The lowest BCUT2D eigenvalue weighted by atomic mass is 10.0. The van der Waals surface area contributed by atoms with Crippen LogP contribution in [0.3, 0.4) is 0 Å². The molecule has 2 heterocycles. The topological polar surface area (TPSA) is 396 Å². The Labute approximate surface area is 391 Å². The summed E-state index contributed by atoms with van der Waals surface area (Å²) in [6.07, 6.45) is 3.30. The number of rotatable bonds is 15. The number of primary amides is 1. The minimum atomic E-state index is -1.25. The summed E-state index contributed by atoms with van der Waals surface area (Å²) >= 11 is 1.44. The van der Waals surface area contributed by atoms with Gasteiger partial charge in [-0.05, 0) is 69.3 Å². The van der Waals surface area contributed by atoms with E-state index in [0.717, 1.165) is 21.6 Å². The number of hydrogen-bond acceptors (Lipinski definition) is 14. The normalized spacial score (nSPS) is 24.8. The van der Waals surface area contributed by atoms with Crippen molar-refractivity contribution < 1.29 is 43.2 Å². The van der Waals surface area contributed by atoms with Crippen molar-refractivity contribution in [3.05, 3.63) is 0 Å². The quantitative estimate of drug-likeness (QED) is 0.0320. The molecule has 0 spiro atoms. The van der Waals surface area contributed by atoms with Crippen LogP contribution in [0.5, 0.6) is 0 Å². The lowest BCUT2D eigenvalue weighted by Crippen LogP contribution is -2.59. The summed E-state index contributed by atoms with van der Waals surface area (Å²) in [5.41, 5.74) is 27.5. The Morgan fingerprint density at radius 2 is 1.31 bits per heavy atom. The molecule has 2 aliphatic heterocycles. The van der Waals surface area contributed by atoms with E-state index in [0.29, 0.717) is 12.2 Å². The number of thioether (sulfide) groups is 1. The number of aliphatic imine (C=N–C) groups is 2. The van der Waals surface area contributed by atoms with Gasteiger partial charge in [0.25, 0.3) is 0 Å². The molecule has 366 valence electrons. The number of fused-ring (bicyclic) bond motifs is 1. The molecular weight excluding hydrogens is 907 g/mol. The molecule has 0 aromatic heterocycles. The van der Waals surface area contributed by atoms with Crippen molar-refractivity contribution in [2.75, 3.05) is 49.7 Å². The lowest BCUT2D eigenvalue weighted by Gasteiger charge is -2.31. The standard InChI is InChI=1S/C38H67N15O9S3/c1-20(2)16-25-33(59)49-22(8-5-12-44-37(40)41)31(57)46-17-29(55)48-26(30(39)56)18-64-65-19-27(47-21(3)54)34(60)51-24(11-15-63-4)36(62)53-14-7-10-28(53)35(61)50-23(32(58)52-25)9-6-13-45-38(42)43/h20,22-28H,5-19H2,1-4H3,(H2,39,56)(H,46,57)(H,47,54)(H,48,55)(H,49,59)(H,50,61)(H,51,60)(H,52,58)(H4,40,41,44)(H4,42,43,45)/t22-,23-,24-,25-,26-,27+,28-/m0/s1. The highest BCUT2D eigenvalue weighted by Gasteiger charge is 2.40. The molecule has 0 saturated carbocycles. The lowest BCUT2D eigenvalue weighted by molar-refractivity contribution is -0.142. The highest BCUT2D eigenvalue weighted by atomic mass is 33.1. The van der Waals surface area contributed by atoms with Crippen molar-refractivity contribution in [3.8, 4) is 0 Å². The molecule has 7 atom stereocenters. The monoisotopic (exact) mass is 973 g/mol. The number of hydrogen-bond donors (Lipinski definition) is 12. The molecule has 2 fully saturated rings. The first-order valence-corrected chi connectivity index (χ1v) is 25.1. The van der Waals surface area contributed by atoms with Crippen LogP contribution in [-0.4, -0.2) is 162 Å². The van der Waals surface area contributed by atoms with Crippen molar-refractivity contribution in [1.29, 1.82) is 0 Å². The van der Waals surface area contributed by atoms with E-state index >= 15 is 0 Å². The average Bonchev–Trinajstić information content (AvgIpc) is 3.73. The Bertz CT molecular complexity index is 1730. The fraction of sp³-hybridized carbons (Fsp3) is 0.711. The fourth-order valence-corrected chi connectivity index (χ4v) is 9.53. The highest BCUT2D eigenvalue weighted by molar-refractivity contribution is 8.76. The van der Waals surface area contributed by atoms with Gasteiger partial charge in [-0.25, -0.2) is 0 Å². The summed E-state index contributed by atoms with van der Waals surface area (Å²) in [6.45, 7) is 4.64. The molecule has 2 rings (SSSR count). The summed E-state index contributed by atoms with van der Waals surface area (Å²) in [6, 6.07) is -8.15. The van der Waals surface area contributed by atoms with E-state index in [-0.39, 0.29) is 93.9 Å². The molecule has 0 radical (unpaired) electrons. The first-order valence-electron chi connectivity index (χ1n) is 21.2. The van der Waals surface area contributed by atoms with Crippen LogP contribution in [0, 0.1) is 5.92 Å². The van der Waals surface area contributed by atoms with Crippen LogP contribution in [0.4, 0.5) is 0 Å². The third-order valence-electron chi connectivity index (χ3n) is 9.91. The van der Waals surface area contributed by atoms with Gasteiger partial charge in [0.05, 0.1) is 6.54 Å². The second-order valence-electron chi connectivity index (χ2n) is 15.8. The number of nitrogens with one attached hydrogen (secondary N) is 7. The first kappa shape index (κ1) is 56.0. The third kappa shape index (κ3) is 21.1. The molecule has 9 amide bonds. The molecule has 0 unspecified atom stereocenters. The van der Waals surface area contributed by atoms with Crippen molar-refractivity contribution in [1.82, 2.24) is 42.1 Å². The van der Waals surface area contributed by atoms with E-state index in [2.05, 4.69) is 47.2 Å². The molecule has 24 nitrogen and oxygen atoms in total. The first-order chi connectivity index (χ1) is 30.7. The maximum absolute atomic E-state index is 14.2. The third-order valence-corrected chi connectivity index (χ3v) is 13.0. The summed E-state index contributed by atoms with van der Waals surface area (Å²) in [5, 5.41) is 18.4. The number of amides is 9. The van der Waals surface area contributed by atoms with Gasteiger partial charge in [-0.3, -0.25) is 53.1 Å². The smallest absolute Gasteiger partial charge is 0.245 e. The van der Waals surface area contributed by atoms with E-state index < -0.39 is 102 Å². The predicted molar refractivity (Wildman–Crippen MR) is 251 cm³/mol. The Hall–Kier alpha value is -5.18. The van der Waals surface area contributed by atoms with Crippen LogP contribution >= 0.6 is 33.3 Å². The maximum Gasteiger partial charge on any atom is 0.245 e. The molecule has 0 aromatic carbocycles. The largest absolute Gasteiger partial charge is 0.370 e. The zero-order valence-electron chi connectivity index (χ0n) is 37.4. The molecule has 17 N–H and O–H groups in total. The Morgan fingerprint density at radius 1 is 0.754 bits per heavy atom. The molecule has 0 bridgehead atoms. The molecule has 0 aliphatic carbocycles.